The van der Waals surface area contributed by atoms with Gasteiger partial charge in [0.25, 0.3) is 0 Å². The van der Waals surface area contributed by atoms with Crippen molar-refractivity contribution < 1.29 is 14.3 Å². The van der Waals surface area contributed by atoms with Gasteiger partial charge in [0.15, 0.2) is 0 Å². The van der Waals surface area contributed by atoms with E-state index in [1.54, 1.807) is 18.9 Å². The number of amides is 2. The first-order chi connectivity index (χ1) is 9.08. The van der Waals surface area contributed by atoms with Crippen LogP contribution < -0.4 is 5.32 Å². The molecule has 0 bridgehead atoms. The summed E-state index contributed by atoms with van der Waals surface area (Å²) in [7, 11) is 1.76. The van der Waals surface area contributed by atoms with Crippen LogP contribution in [0.5, 0.6) is 0 Å². The van der Waals surface area contributed by atoms with Gasteiger partial charge < -0.3 is 15.0 Å². The van der Waals surface area contributed by atoms with Crippen molar-refractivity contribution in [2.24, 2.45) is 0 Å². The quantitative estimate of drug-likeness (QED) is 0.722. The fourth-order valence-electron chi connectivity index (χ4n) is 2.41. The second-order valence-corrected chi connectivity index (χ2v) is 4.77. The van der Waals surface area contributed by atoms with Gasteiger partial charge in [-0.05, 0) is 32.9 Å². The molecule has 1 rings (SSSR count). The van der Waals surface area contributed by atoms with E-state index in [1.807, 2.05) is 0 Å². The third-order valence-corrected chi connectivity index (χ3v) is 3.43. The van der Waals surface area contributed by atoms with Crippen LogP contribution in [0.4, 0.5) is 4.79 Å². The summed E-state index contributed by atoms with van der Waals surface area (Å²) in [6.45, 7) is 6.96. The van der Waals surface area contributed by atoms with Crippen molar-refractivity contribution in [3.8, 4) is 0 Å². The lowest BCUT2D eigenvalue weighted by Crippen LogP contribution is -2.46. The molecule has 19 heavy (non-hydrogen) atoms. The lowest BCUT2D eigenvalue weighted by atomic mass is 10.2. The number of likely N-dealkylation sites (N-methyl/N-ethyl adjacent to an activating group) is 2. The number of ether oxygens (including phenoxy) is 1. The fraction of sp³-hybridized carbons (Fsp3) is 0.846. The Balaban J connectivity index is 2.30. The van der Waals surface area contributed by atoms with Crippen LogP contribution in [0.3, 0.4) is 0 Å². The van der Waals surface area contributed by atoms with Gasteiger partial charge in [0, 0.05) is 19.6 Å². The molecule has 0 aliphatic carbocycles. The van der Waals surface area contributed by atoms with E-state index in [9.17, 15) is 9.59 Å². The number of carbonyl (C=O) groups excluding carboxylic acids is 2. The average Bonchev–Trinajstić information content (AvgIpc) is 2.83. The van der Waals surface area contributed by atoms with E-state index in [0.29, 0.717) is 19.2 Å². The monoisotopic (exact) mass is 271 g/mol. The average molecular weight is 271 g/mol. The second kappa shape index (κ2) is 7.99. The van der Waals surface area contributed by atoms with Crippen molar-refractivity contribution in [2.45, 2.75) is 32.7 Å². The normalized spacial score (nSPS) is 19.2. The number of esters is 1. The van der Waals surface area contributed by atoms with Crippen molar-refractivity contribution in [3.05, 3.63) is 0 Å². The third kappa shape index (κ3) is 5.06. The van der Waals surface area contributed by atoms with Gasteiger partial charge in [-0.15, -0.1) is 0 Å². The molecule has 1 aliphatic heterocycles. The lowest BCUT2D eigenvalue weighted by molar-refractivity contribution is -0.141. The van der Waals surface area contributed by atoms with Gasteiger partial charge in [-0.2, -0.15) is 0 Å². The van der Waals surface area contributed by atoms with E-state index in [0.717, 1.165) is 19.5 Å². The lowest BCUT2D eigenvalue weighted by Gasteiger charge is -2.27. The number of urea groups is 1. The van der Waals surface area contributed by atoms with Gasteiger partial charge in [-0.3, -0.25) is 9.69 Å². The number of likely N-dealkylation sites (tertiary alicyclic amines) is 1. The van der Waals surface area contributed by atoms with E-state index in [2.05, 4.69) is 17.1 Å². The van der Waals surface area contributed by atoms with Crippen LogP contribution in [0.25, 0.3) is 0 Å². The maximum Gasteiger partial charge on any atom is 0.325 e. The molecule has 1 atom stereocenters. The Labute approximate surface area is 115 Å². The summed E-state index contributed by atoms with van der Waals surface area (Å²) in [5.41, 5.74) is 0. The van der Waals surface area contributed by atoms with Crippen LogP contribution in [0.2, 0.25) is 0 Å². The van der Waals surface area contributed by atoms with E-state index >= 15 is 0 Å². The summed E-state index contributed by atoms with van der Waals surface area (Å²) >= 11 is 0. The first-order valence-corrected chi connectivity index (χ1v) is 6.97. The topological polar surface area (TPSA) is 61.9 Å². The standard InChI is InChI=1S/C13H25N3O3/c1-4-16-8-6-7-11(16)10-15(3)13(18)14-9-12(17)19-5-2/h11H,4-10H2,1-3H3,(H,14,18). The summed E-state index contributed by atoms with van der Waals surface area (Å²) in [5.74, 6) is -0.402. The van der Waals surface area contributed by atoms with Gasteiger partial charge in [0.2, 0.25) is 0 Å². The predicted octanol–water partition coefficient (Wildman–Crippen LogP) is 0.675. The molecule has 1 aliphatic rings. The van der Waals surface area contributed by atoms with Gasteiger partial charge >= 0.3 is 12.0 Å². The molecule has 6 heteroatoms. The Hall–Kier alpha value is -1.30. The van der Waals surface area contributed by atoms with Crippen LogP contribution in [0, 0.1) is 0 Å². The van der Waals surface area contributed by atoms with Crippen molar-refractivity contribution in [1.29, 1.82) is 0 Å². The fourth-order valence-corrected chi connectivity index (χ4v) is 2.41. The molecule has 1 heterocycles. The summed E-state index contributed by atoms with van der Waals surface area (Å²) in [4.78, 5) is 27.0. The molecule has 0 saturated carbocycles. The smallest absolute Gasteiger partial charge is 0.325 e. The van der Waals surface area contributed by atoms with Crippen LogP contribution in [0.1, 0.15) is 26.7 Å². The first kappa shape index (κ1) is 15.8. The Kier molecular flexibility index (Phi) is 6.62. The minimum absolute atomic E-state index is 0.0703. The number of nitrogens with zero attached hydrogens (tertiary/aromatic N) is 2. The molecule has 2 amide bonds. The van der Waals surface area contributed by atoms with Crippen molar-refractivity contribution in [1.82, 2.24) is 15.1 Å². The zero-order valence-electron chi connectivity index (χ0n) is 12.1. The molecular weight excluding hydrogens is 246 g/mol. The molecule has 0 radical (unpaired) electrons. The zero-order valence-corrected chi connectivity index (χ0v) is 12.1. The molecule has 1 N–H and O–H groups in total. The molecule has 1 unspecified atom stereocenters. The van der Waals surface area contributed by atoms with Gasteiger partial charge in [0.1, 0.15) is 6.54 Å². The Morgan fingerprint density at radius 1 is 1.42 bits per heavy atom. The summed E-state index contributed by atoms with van der Waals surface area (Å²) in [5, 5.41) is 2.57. The van der Waals surface area contributed by atoms with Gasteiger partial charge in [0.05, 0.1) is 6.61 Å². The first-order valence-electron chi connectivity index (χ1n) is 6.97. The highest BCUT2D eigenvalue weighted by Crippen LogP contribution is 2.17. The minimum Gasteiger partial charge on any atom is -0.465 e. The molecule has 0 aromatic carbocycles. The molecule has 0 aromatic rings. The van der Waals surface area contributed by atoms with Gasteiger partial charge in [-0.1, -0.05) is 6.92 Å². The van der Waals surface area contributed by atoms with E-state index in [-0.39, 0.29) is 12.6 Å². The van der Waals surface area contributed by atoms with E-state index in [1.165, 1.54) is 6.42 Å². The van der Waals surface area contributed by atoms with E-state index in [4.69, 9.17) is 4.74 Å². The third-order valence-electron chi connectivity index (χ3n) is 3.43. The van der Waals surface area contributed by atoms with Crippen molar-refractivity contribution in [2.75, 3.05) is 39.8 Å². The van der Waals surface area contributed by atoms with E-state index < -0.39 is 5.97 Å². The van der Waals surface area contributed by atoms with Crippen molar-refractivity contribution in [3.63, 3.8) is 0 Å². The summed E-state index contributed by atoms with van der Waals surface area (Å²) < 4.78 is 4.76. The molecule has 6 nitrogen and oxygen atoms in total. The van der Waals surface area contributed by atoms with Crippen LogP contribution >= 0.6 is 0 Å². The number of hydrogen-bond donors (Lipinski definition) is 1. The minimum atomic E-state index is -0.402. The highest BCUT2D eigenvalue weighted by Gasteiger charge is 2.25. The zero-order chi connectivity index (χ0) is 14.3. The predicted molar refractivity (Wildman–Crippen MR) is 72.9 cm³/mol. The summed E-state index contributed by atoms with van der Waals surface area (Å²) in [6, 6.07) is 0.208. The molecule has 1 saturated heterocycles. The highest BCUT2D eigenvalue weighted by atomic mass is 16.5. The largest absolute Gasteiger partial charge is 0.465 e. The number of nitrogens with one attached hydrogen (secondary N) is 1. The van der Waals surface area contributed by atoms with Crippen LogP contribution in [-0.4, -0.2) is 67.7 Å². The maximum atomic E-state index is 11.8. The molecule has 110 valence electrons. The highest BCUT2D eigenvalue weighted by molar-refractivity contribution is 5.80. The second-order valence-electron chi connectivity index (χ2n) is 4.77. The molecule has 0 spiro atoms. The molecule has 1 fully saturated rings. The number of rotatable bonds is 6. The molecular formula is C13H25N3O3. The Morgan fingerprint density at radius 2 is 2.16 bits per heavy atom. The number of hydrogen-bond acceptors (Lipinski definition) is 4. The Morgan fingerprint density at radius 3 is 2.79 bits per heavy atom. The van der Waals surface area contributed by atoms with Crippen LogP contribution in [0.15, 0.2) is 0 Å². The SMILES string of the molecule is CCOC(=O)CNC(=O)N(C)CC1CCCN1CC. The van der Waals surface area contributed by atoms with Crippen molar-refractivity contribution >= 4 is 12.0 Å². The Bertz CT molecular complexity index is 310. The number of carbonyl (C=O) groups is 2. The van der Waals surface area contributed by atoms with Crippen LogP contribution in [-0.2, 0) is 9.53 Å². The van der Waals surface area contributed by atoms with Gasteiger partial charge in [-0.25, -0.2) is 4.79 Å². The molecule has 0 aromatic heterocycles. The summed E-state index contributed by atoms with van der Waals surface area (Å²) in [6.07, 6.45) is 2.32. The maximum absolute atomic E-state index is 11.8.